The van der Waals surface area contributed by atoms with Crippen LogP contribution in [0.15, 0.2) is 18.3 Å². The molecule has 1 saturated heterocycles. The van der Waals surface area contributed by atoms with Crippen molar-refractivity contribution >= 4 is 29.2 Å². The van der Waals surface area contributed by atoms with E-state index in [1.807, 2.05) is 24.0 Å². The van der Waals surface area contributed by atoms with Crippen molar-refractivity contribution in [1.29, 1.82) is 5.26 Å². The maximum atomic E-state index is 13.3. The van der Waals surface area contributed by atoms with Crippen molar-refractivity contribution in [2.24, 2.45) is 22.7 Å². The first-order valence-corrected chi connectivity index (χ1v) is 12.2. The van der Waals surface area contributed by atoms with Crippen molar-refractivity contribution in [2.45, 2.75) is 53.5 Å². The number of nitriles is 1. The SMILES string of the molecule is CC(=O)N1C[C@@H]2CC(C)(C(=O)Nc3cc(-c4cc(C#N)n5c4CC(C)(C)C5)c(Cl)cn3)C[C@@H]2C1. The molecular formula is C26H30ClN5O2. The number of nitrogens with zero attached hydrogens (tertiary/aromatic N) is 4. The lowest BCUT2D eigenvalue weighted by molar-refractivity contribution is -0.128. The second kappa shape index (κ2) is 7.84. The lowest BCUT2D eigenvalue weighted by Gasteiger charge is -2.25. The molecule has 2 aromatic heterocycles. The molecule has 0 aromatic carbocycles. The Bertz CT molecular complexity index is 1230. The summed E-state index contributed by atoms with van der Waals surface area (Å²) in [4.78, 5) is 31.3. The molecular weight excluding hydrogens is 450 g/mol. The number of fused-ring (bicyclic) bond motifs is 2. The maximum Gasteiger partial charge on any atom is 0.231 e. The van der Waals surface area contributed by atoms with Crippen molar-refractivity contribution in [1.82, 2.24) is 14.5 Å². The van der Waals surface area contributed by atoms with Crippen molar-refractivity contribution in [3.05, 3.63) is 34.7 Å². The summed E-state index contributed by atoms with van der Waals surface area (Å²) in [5.74, 6) is 1.26. The minimum Gasteiger partial charge on any atom is -0.342 e. The number of nitrogens with one attached hydrogen (secondary N) is 1. The van der Waals surface area contributed by atoms with Crippen LogP contribution in [0, 0.1) is 34.0 Å². The lowest BCUT2D eigenvalue weighted by Crippen LogP contribution is -2.35. The fourth-order valence-electron chi connectivity index (χ4n) is 6.29. The van der Waals surface area contributed by atoms with Gasteiger partial charge in [-0.3, -0.25) is 9.59 Å². The fraction of sp³-hybridized carbons (Fsp3) is 0.538. The Hall–Kier alpha value is -2.85. The number of pyridine rings is 1. The number of likely N-dealkylation sites (tertiary alicyclic amines) is 1. The number of carbonyl (C=O) groups excluding carboxylic acids is 2. The van der Waals surface area contributed by atoms with Crippen molar-refractivity contribution < 1.29 is 9.59 Å². The zero-order chi connectivity index (χ0) is 24.4. The van der Waals surface area contributed by atoms with Gasteiger partial charge in [0, 0.05) is 55.0 Å². The average Bonchev–Trinajstić information content (AvgIpc) is 3.46. The number of anilines is 1. The van der Waals surface area contributed by atoms with Crippen LogP contribution >= 0.6 is 11.6 Å². The van der Waals surface area contributed by atoms with Gasteiger partial charge in [-0.15, -0.1) is 0 Å². The van der Waals surface area contributed by atoms with E-state index in [0.29, 0.717) is 28.4 Å². The topological polar surface area (TPSA) is 91.0 Å². The van der Waals surface area contributed by atoms with Crippen LogP contribution in [0.25, 0.3) is 11.1 Å². The maximum absolute atomic E-state index is 13.3. The Balaban J connectivity index is 1.38. The number of halogens is 1. The van der Waals surface area contributed by atoms with Crippen LogP contribution in [-0.2, 0) is 22.6 Å². The Kier molecular flexibility index (Phi) is 5.29. The highest BCUT2D eigenvalue weighted by atomic mass is 35.5. The largest absolute Gasteiger partial charge is 0.342 e. The predicted molar refractivity (Wildman–Crippen MR) is 130 cm³/mol. The van der Waals surface area contributed by atoms with E-state index in [-0.39, 0.29) is 17.2 Å². The average molecular weight is 480 g/mol. The molecule has 0 bridgehead atoms. The van der Waals surface area contributed by atoms with Crippen LogP contribution in [0.1, 0.15) is 51.9 Å². The summed E-state index contributed by atoms with van der Waals surface area (Å²) in [6.45, 7) is 10.3. The van der Waals surface area contributed by atoms with Gasteiger partial charge in [-0.05, 0) is 48.6 Å². The van der Waals surface area contributed by atoms with E-state index < -0.39 is 5.41 Å². The molecule has 1 N–H and O–H groups in total. The lowest BCUT2D eigenvalue weighted by atomic mass is 9.85. The van der Waals surface area contributed by atoms with Gasteiger partial charge in [0.15, 0.2) is 0 Å². The Morgan fingerprint density at radius 3 is 2.47 bits per heavy atom. The molecule has 3 aliphatic rings. The first-order chi connectivity index (χ1) is 16.0. The molecule has 8 heteroatoms. The highest BCUT2D eigenvalue weighted by molar-refractivity contribution is 6.33. The van der Waals surface area contributed by atoms with E-state index in [0.717, 1.165) is 55.7 Å². The Labute approximate surface area is 205 Å². The van der Waals surface area contributed by atoms with Crippen LogP contribution < -0.4 is 5.32 Å². The number of rotatable bonds is 3. The zero-order valence-corrected chi connectivity index (χ0v) is 20.9. The molecule has 7 nitrogen and oxygen atoms in total. The van der Waals surface area contributed by atoms with Crippen LogP contribution in [0.2, 0.25) is 5.02 Å². The molecule has 2 amide bonds. The standard InChI is InChI=1S/C26H30ClN5O2/c1-15(33)31-12-16-7-26(4,8-17(16)13-31)24(34)30-23-6-19(21(27)11-29-23)20-5-18(10-28)32-14-25(2,3)9-22(20)32/h5-6,11,16-17H,7-9,12-14H2,1-4H3,(H,29,30,34)/t16-,17+,26?. The summed E-state index contributed by atoms with van der Waals surface area (Å²) in [5.41, 5.74) is 3.00. The molecule has 34 heavy (non-hydrogen) atoms. The van der Waals surface area contributed by atoms with E-state index in [4.69, 9.17) is 11.6 Å². The van der Waals surface area contributed by atoms with Gasteiger partial charge in [0.05, 0.1) is 5.02 Å². The van der Waals surface area contributed by atoms with Gasteiger partial charge in [-0.1, -0.05) is 32.4 Å². The Morgan fingerprint density at radius 2 is 1.85 bits per heavy atom. The zero-order valence-electron chi connectivity index (χ0n) is 20.1. The highest BCUT2D eigenvalue weighted by Gasteiger charge is 2.50. The predicted octanol–water partition coefficient (Wildman–Crippen LogP) is 4.49. The number of hydrogen-bond acceptors (Lipinski definition) is 4. The molecule has 5 rings (SSSR count). The second-order valence-corrected chi connectivity index (χ2v) is 11.8. The quantitative estimate of drug-likeness (QED) is 0.702. The summed E-state index contributed by atoms with van der Waals surface area (Å²) < 4.78 is 2.08. The van der Waals surface area contributed by atoms with E-state index in [2.05, 4.69) is 34.8 Å². The second-order valence-electron chi connectivity index (χ2n) is 11.3. The molecule has 2 fully saturated rings. The normalized spacial score (nSPS) is 26.8. The van der Waals surface area contributed by atoms with Gasteiger partial charge in [0.1, 0.15) is 17.6 Å². The van der Waals surface area contributed by atoms with E-state index >= 15 is 0 Å². The summed E-state index contributed by atoms with van der Waals surface area (Å²) >= 11 is 6.55. The van der Waals surface area contributed by atoms with E-state index in [9.17, 15) is 14.9 Å². The minimum absolute atomic E-state index is 0.0435. The third-order valence-electron chi connectivity index (χ3n) is 7.94. The van der Waals surface area contributed by atoms with Gasteiger partial charge in [0.2, 0.25) is 11.8 Å². The summed E-state index contributed by atoms with van der Waals surface area (Å²) in [6, 6.07) is 6.01. The van der Waals surface area contributed by atoms with Gasteiger partial charge in [0.25, 0.3) is 0 Å². The highest BCUT2D eigenvalue weighted by Crippen LogP contribution is 2.49. The van der Waals surface area contributed by atoms with Crippen LogP contribution in [-0.4, -0.2) is 39.4 Å². The monoisotopic (exact) mass is 479 g/mol. The molecule has 2 aliphatic heterocycles. The van der Waals surface area contributed by atoms with Crippen molar-refractivity contribution in [2.75, 3.05) is 18.4 Å². The Morgan fingerprint density at radius 1 is 1.18 bits per heavy atom. The third kappa shape index (κ3) is 3.78. The number of carbonyl (C=O) groups is 2. The van der Waals surface area contributed by atoms with Gasteiger partial charge < -0.3 is 14.8 Å². The van der Waals surface area contributed by atoms with Crippen LogP contribution in [0.3, 0.4) is 0 Å². The molecule has 3 atom stereocenters. The summed E-state index contributed by atoms with van der Waals surface area (Å²) in [7, 11) is 0. The number of aromatic nitrogens is 2. The molecule has 2 aromatic rings. The summed E-state index contributed by atoms with van der Waals surface area (Å²) in [6.07, 6.45) is 3.95. The van der Waals surface area contributed by atoms with E-state index in [1.165, 1.54) is 0 Å². The molecule has 0 radical (unpaired) electrons. The smallest absolute Gasteiger partial charge is 0.231 e. The molecule has 0 spiro atoms. The minimum atomic E-state index is -0.491. The molecule has 1 saturated carbocycles. The van der Waals surface area contributed by atoms with Crippen LogP contribution in [0.5, 0.6) is 0 Å². The van der Waals surface area contributed by atoms with Gasteiger partial charge in [-0.25, -0.2) is 4.98 Å². The van der Waals surface area contributed by atoms with Crippen molar-refractivity contribution in [3.63, 3.8) is 0 Å². The van der Waals surface area contributed by atoms with Crippen LogP contribution in [0.4, 0.5) is 5.82 Å². The fourth-order valence-corrected chi connectivity index (χ4v) is 6.49. The molecule has 1 aliphatic carbocycles. The van der Waals surface area contributed by atoms with Gasteiger partial charge in [-0.2, -0.15) is 5.26 Å². The summed E-state index contributed by atoms with van der Waals surface area (Å²) in [5, 5.41) is 13.2. The van der Waals surface area contributed by atoms with Gasteiger partial charge >= 0.3 is 0 Å². The van der Waals surface area contributed by atoms with Crippen molar-refractivity contribution in [3.8, 4) is 17.2 Å². The van der Waals surface area contributed by atoms with E-state index in [1.54, 1.807) is 13.1 Å². The third-order valence-corrected chi connectivity index (χ3v) is 8.24. The molecule has 178 valence electrons. The molecule has 1 unspecified atom stereocenters. The number of hydrogen-bond donors (Lipinski definition) is 1. The first-order valence-electron chi connectivity index (χ1n) is 11.8. The number of amides is 2. The molecule has 4 heterocycles. The first kappa shape index (κ1) is 22.9.